The molecule has 1 aromatic heterocycles. The zero-order chi connectivity index (χ0) is 12.4. The molecule has 2 rings (SSSR count). The van der Waals surface area contributed by atoms with Gasteiger partial charge in [-0.1, -0.05) is 0 Å². The van der Waals surface area contributed by atoms with Gasteiger partial charge in [-0.05, 0) is 18.7 Å². The van der Waals surface area contributed by atoms with Crippen LogP contribution in [-0.4, -0.2) is 49.2 Å². The molecule has 1 aliphatic rings. The first-order valence-electron chi connectivity index (χ1n) is 5.79. The molecule has 5 nitrogen and oxygen atoms in total. The number of methoxy groups -OCH3 is 1. The Morgan fingerprint density at radius 2 is 2.29 bits per heavy atom. The van der Waals surface area contributed by atoms with Gasteiger partial charge in [0.2, 0.25) is 0 Å². The molecule has 5 heteroatoms. The molecule has 0 radical (unpaired) electrons. The van der Waals surface area contributed by atoms with E-state index in [1.54, 1.807) is 0 Å². The molecular formula is C12H19N3O2. The summed E-state index contributed by atoms with van der Waals surface area (Å²) in [5, 5.41) is 3.37. The summed E-state index contributed by atoms with van der Waals surface area (Å²) in [5.41, 5.74) is 1.75. The number of carbonyl (C=O) groups is 1. The molecule has 1 N–H and O–H groups in total. The number of piperazine rings is 1. The largest absolute Gasteiger partial charge is 0.464 e. The minimum absolute atomic E-state index is 0.287. The molecule has 0 spiro atoms. The SMILES string of the molecule is COC(=O)c1cc(C2CNCCN2C)cn1C. The van der Waals surface area contributed by atoms with E-state index in [2.05, 4.69) is 17.3 Å². The lowest BCUT2D eigenvalue weighted by atomic mass is 10.1. The lowest BCUT2D eigenvalue weighted by Gasteiger charge is -2.32. The van der Waals surface area contributed by atoms with Crippen LogP contribution in [0, 0.1) is 0 Å². The number of hydrogen-bond acceptors (Lipinski definition) is 4. The van der Waals surface area contributed by atoms with Crippen LogP contribution in [0.3, 0.4) is 0 Å². The first-order chi connectivity index (χ1) is 8.13. The van der Waals surface area contributed by atoms with Crippen LogP contribution in [-0.2, 0) is 11.8 Å². The van der Waals surface area contributed by atoms with Crippen molar-refractivity contribution in [2.45, 2.75) is 6.04 Å². The summed E-state index contributed by atoms with van der Waals surface area (Å²) < 4.78 is 6.58. The van der Waals surface area contributed by atoms with Gasteiger partial charge in [0, 0.05) is 38.9 Å². The quantitative estimate of drug-likeness (QED) is 0.756. The van der Waals surface area contributed by atoms with Crippen molar-refractivity contribution < 1.29 is 9.53 Å². The van der Waals surface area contributed by atoms with Gasteiger partial charge in [-0.25, -0.2) is 4.79 Å². The zero-order valence-electron chi connectivity index (χ0n) is 10.6. The lowest BCUT2D eigenvalue weighted by Crippen LogP contribution is -2.43. The second-order valence-corrected chi connectivity index (χ2v) is 4.46. The summed E-state index contributed by atoms with van der Waals surface area (Å²) in [6.07, 6.45) is 2.00. The van der Waals surface area contributed by atoms with Crippen LogP contribution in [0.25, 0.3) is 0 Å². The highest BCUT2D eigenvalue weighted by Crippen LogP contribution is 2.22. The van der Waals surface area contributed by atoms with Gasteiger partial charge in [0.1, 0.15) is 5.69 Å². The number of aromatic nitrogens is 1. The zero-order valence-corrected chi connectivity index (χ0v) is 10.6. The Bertz CT molecular complexity index is 414. The van der Waals surface area contributed by atoms with Crippen LogP contribution in [0.4, 0.5) is 0 Å². The van der Waals surface area contributed by atoms with Crippen molar-refractivity contribution in [1.82, 2.24) is 14.8 Å². The minimum Gasteiger partial charge on any atom is -0.464 e. The van der Waals surface area contributed by atoms with Crippen LogP contribution in [0.5, 0.6) is 0 Å². The van der Waals surface area contributed by atoms with Gasteiger partial charge in [-0.2, -0.15) is 0 Å². The van der Waals surface area contributed by atoms with E-state index in [9.17, 15) is 4.79 Å². The van der Waals surface area contributed by atoms with Crippen LogP contribution in [0.2, 0.25) is 0 Å². The number of nitrogens with one attached hydrogen (secondary N) is 1. The molecule has 1 atom stereocenters. The number of ether oxygens (including phenoxy) is 1. The molecule has 0 aliphatic carbocycles. The first-order valence-corrected chi connectivity index (χ1v) is 5.79. The summed E-state index contributed by atoms with van der Waals surface area (Å²) in [6, 6.07) is 2.24. The Hall–Kier alpha value is -1.33. The van der Waals surface area contributed by atoms with Gasteiger partial charge in [0.05, 0.1) is 7.11 Å². The maximum absolute atomic E-state index is 11.5. The van der Waals surface area contributed by atoms with Crippen molar-refractivity contribution in [3.63, 3.8) is 0 Å². The Morgan fingerprint density at radius 1 is 1.53 bits per heavy atom. The third kappa shape index (κ3) is 2.35. The van der Waals surface area contributed by atoms with Crippen molar-refractivity contribution in [1.29, 1.82) is 0 Å². The highest BCUT2D eigenvalue weighted by molar-refractivity contribution is 5.87. The minimum atomic E-state index is -0.287. The molecule has 0 saturated carbocycles. The smallest absolute Gasteiger partial charge is 0.354 e. The fourth-order valence-electron chi connectivity index (χ4n) is 2.26. The molecule has 1 saturated heterocycles. The topological polar surface area (TPSA) is 46.5 Å². The van der Waals surface area contributed by atoms with Gasteiger partial charge in [-0.15, -0.1) is 0 Å². The molecule has 1 unspecified atom stereocenters. The number of nitrogens with zero attached hydrogens (tertiary/aromatic N) is 2. The fraction of sp³-hybridized carbons (Fsp3) is 0.583. The summed E-state index contributed by atoms with van der Waals surface area (Å²) >= 11 is 0. The number of rotatable bonds is 2. The molecular weight excluding hydrogens is 218 g/mol. The normalized spacial score (nSPS) is 21.5. The lowest BCUT2D eigenvalue weighted by molar-refractivity contribution is 0.0590. The second-order valence-electron chi connectivity index (χ2n) is 4.46. The van der Waals surface area contributed by atoms with Gasteiger partial charge in [0.15, 0.2) is 0 Å². The number of esters is 1. The van der Waals surface area contributed by atoms with Gasteiger partial charge in [-0.3, -0.25) is 4.90 Å². The Morgan fingerprint density at radius 3 is 2.94 bits per heavy atom. The predicted molar refractivity (Wildman–Crippen MR) is 65.0 cm³/mol. The average molecular weight is 237 g/mol. The molecule has 94 valence electrons. The summed E-state index contributed by atoms with van der Waals surface area (Å²) in [6.45, 7) is 2.96. The van der Waals surface area contributed by atoms with E-state index in [-0.39, 0.29) is 5.97 Å². The van der Waals surface area contributed by atoms with Crippen LogP contribution in [0.1, 0.15) is 22.1 Å². The van der Waals surface area contributed by atoms with E-state index in [1.165, 1.54) is 7.11 Å². The van der Waals surface area contributed by atoms with Gasteiger partial charge < -0.3 is 14.6 Å². The highest BCUT2D eigenvalue weighted by atomic mass is 16.5. The Labute approximate surface area is 101 Å². The molecule has 2 heterocycles. The molecule has 1 fully saturated rings. The molecule has 1 aromatic rings. The van der Waals surface area contributed by atoms with E-state index < -0.39 is 0 Å². The summed E-state index contributed by atoms with van der Waals surface area (Å²) in [7, 11) is 5.38. The Kier molecular flexibility index (Phi) is 3.49. The van der Waals surface area contributed by atoms with Crippen molar-refractivity contribution in [3.8, 4) is 0 Å². The number of hydrogen-bond donors (Lipinski definition) is 1. The van der Waals surface area contributed by atoms with Gasteiger partial charge >= 0.3 is 5.97 Å². The van der Waals surface area contributed by atoms with Crippen LogP contribution >= 0.6 is 0 Å². The van der Waals surface area contributed by atoms with Crippen molar-refractivity contribution in [3.05, 3.63) is 23.5 Å². The molecule has 1 aliphatic heterocycles. The predicted octanol–water partition coefficient (Wildman–Crippen LogP) is 0.388. The first kappa shape index (κ1) is 12.1. The number of aryl methyl sites for hydroxylation is 1. The molecule has 0 aromatic carbocycles. The van der Waals surface area contributed by atoms with E-state index in [4.69, 9.17) is 4.74 Å². The highest BCUT2D eigenvalue weighted by Gasteiger charge is 2.23. The number of likely N-dealkylation sites (N-methyl/N-ethyl adjacent to an activating group) is 1. The maximum atomic E-state index is 11.5. The van der Waals surface area contributed by atoms with E-state index >= 15 is 0 Å². The summed E-state index contributed by atoms with van der Waals surface area (Å²) in [5.74, 6) is -0.287. The van der Waals surface area contributed by atoms with E-state index in [1.807, 2.05) is 23.9 Å². The maximum Gasteiger partial charge on any atom is 0.354 e. The van der Waals surface area contributed by atoms with Gasteiger partial charge in [0.25, 0.3) is 0 Å². The Balaban J connectivity index is 2.24. The third-order valence-electron chi connectivity index (χ3n) is 3.32. The van der Waals surface area contributed by atoms with Crippen molar-refractivity contribution >= 4 is 5.97 Å². The van der Waals surface area contributed by atoms with Crippen LogP contribution in [0.15, 0.2) is 12.3 Å². The standard InChI is InChI=1S/C12H19N3O2/c1-14-5-4-13-7-11(14)9-6-10(12(16)17-3)15(2)8-9/h6,8,11,13H,4-5,7H2,1-3H3. The van der Waals surface area contributed by atoms with Crippen LogP contribution < -0.4 is 5.32 Å². The third-order valence-corrected chi connectivity index (χ3v) is 3.32. The van der Waals surface area contributed by atoms with E-state index in [0.29, 0.717) is 11.7 Å². The second kappa shape index (κ2) is 4.89. The molecule has 0 amide bonds. The number of carbonyl (C=O) groups excluding carboxylic acids is 1. The fourth-order valence-corrected chi connectivity index (χ4v) is 2.26. The average Bonchev–Trinajstić information content (AvgIpc) is 2.71. The molecule has 0 bridgehead atoms. The van der Waals surface area contributed by atoms with E-state index in [0.717, 1.165) is 25.2 Å². The summed E-state index contributed by atoms with van der Waals surface area (Å²) in [4.78, 5) is 13.8. The van der Waals surface area contributed by atoms with Crippen molar-refractivity contribution in [2.24, 2.45) is 7.05 Å². The molecule has 17 heavy (non-hydrogen) atoms. The van der Waals surface area contributed by atoms with Crippen molar-refractivity contribution in [2.75, 3.05) is 33.8 Å². The monoisotopic (exact) mass is 237 g/mol.